The van der Waals surface area contributed by atoms with Crippen molar-refractivity contribution < 1.29 is 9.53 Å². The molecule has 0 spiro atoms. The van der Waals surface area contributed by atoms with E-state index < -0.39 is 0 Å². The molecule has 1 unspecified atom stereocenters. The van der Waals surface area contributed by atoms with Crippen LogP contribution < -0.4 is 21.1 Å². The molecule has 0 saturated heterocycles. The molecule has 1 amide bonds. The number of fused-ring (bicyclic) bond motifs is 1. The molecule has 1 atom stereocenters. The first kappa shape index (κ1) is 13.7. The van der Waals surface area contributed by atoms with Crippen LogP contribution in [0.25, 0.3) is 0 Å². The van der Waals surface area contributed by atoms with Crippen molar-refractivity contribution in [2.24, 2.45) is 0 Å². The van der Waals surface area contributed by atoms with E-state index in [1.165, 1.54) is 0 Å². The van der Waals surface area contributed by atoms with Gasteiger partial charge in [-0.2, -0.15) is 0 Å². The summed E-state index contributed by atoms with van der Waals surface area (Å²) < 4.78 is 5.33. The number of nitrogens with one attached hydrogen (secondary N) is 2. The molecule has 21 heavy (non-hydrogen) atoms. The van der Waals surface area contributed by atoms with Crippen LogP contribution in [0.3, 0.4) is 0 Å². The van der Waals surface area contributed by atoms with Crippen LogP contribution >= 0.6 is 11.3 Å². The fourth-order valence-electron chi connectivity index (χ4n) is 2.12. The maximum absolute atomic E-state index is 11.3. The van der Waals surface area contributed by atoms with Crippen molar-refractivity contribution in [3.05, 3.63) is 28.7 Å². The van der Waals surface area contributed by atoms with Gasteiger partial charge in [-0.1, -0.05) is 6.92 Å². The molecule has 110 valence electrons. The Morgan fingerprint density at radius 1 is 1.57 bits per heavy atom. The monoisotopic (exact) mass is 304 g/mol. The SMILES string of the molecule is CC(CNc1cc2c(cc1N)OCC(=O)N2)c1nccs1. The van der Waals surface area contributed by atoms with E-state index in [0.717, 1.165) is 10.7 Å². The topological polar surface area (TPSA) is 89.3 Å². The number of benzene rings is 1. The average Bonchev–Trinajstić information content (AvgIpc) is 2.99. The van der Waals surface area contributed by atoms with E-state index in [-0.39, 0.29) is 18.4 Å². The molecule has 2 heterocycles. The van der Waals surface area contributed by atoms with Gasteiger partial charge in [0, 0.05) is 30.1 Å². The van der Waals surface area contributed by atoms with Gasteiger partial charge in [0.15, 0.2) is 6.61 Å². The summed E-state index contributed by atoms with van der Waals surface area (Å²) in [5, 5.41) is 9.12. The Balaban J connectivity index is 1.73. The zero-order chi connectivity index (χ0) is 14.8. The summed E-state index contributed by atoms with van der Waals surface area (Å²) in [5.74, 6) is 0.728. The lowest BCUT2D eigenvalue weighted by Crippen LogP contribution is -2.25. The number of carbonyl (C=O) groups excluding carboxylic acids is 1. The third-order valence-electron chi connectivity index (χ3n) is 3.26. The maximum Gasteiger partial charge on any atom is 0.262 e. The molecular formula is C14H16N4O2S. The van der Waals surface area contributed by atoms with E-state index in [9.17, 15) is 4.79 Å². The molecule has 0 radical (unpaired) electrons. The van der Waals surface area contributed by atoms with E-state index in [1.807, 2.05) is 5.38 Å². The van der Waals surface area contributed by atoms with Crippen LogP contribution in [0, 0.1) is 0 Å². The van der Waals surface area contributed by atoms with Gasteiger partial charge in [-0.15, -0.1) is 11.3 Å². The first-order valence-corrected chi connectivity index (χ1v) is 7.51. The summed E-state index contributed by atoms with van der Waals surface area (Å²) in [6, 6.07) is 3.53. The number of nitrogens with two attached hydrogens (primary N) is 1. The molecule has 0 bridgehead atoms. The van der Waals surface area contributed by atoms with E-state index in [4.69, 9.17) is 10.5 Å². The molecule has 6 nitrogen and oxygen atoms in total. The highest BCUT2D eigenvalue weighted by molar-refractivity contribution is 7.09. The third-order valence-corrected chi connectivity index (χ3v) is 4.26. The van der Waals surface area contributed by atoms with Crippen molar-refractivity contribution in [3.63, 3.8) is 0 Å². The number of rotatable bonds is 4. The predicted octanol–water partition coefficient (Wildman–Crippen LogP) is 2.27. The quantitative estimate of drug-likeness (QED) is 0.754. The number of amides is 1. The molecule has 2 aromatic rings. The number of anilines is 3. The molecule has 1 aliphatic rings. The fourth-order valence-corrected chi connectivity index (χ4v) is 2.82. The summed E-state index contributed by atoms with van der Waals surface area (Å²) in [6.07, 6.45) is 1.80. The summed E-state index contributed by atoms with van der Waals surface area (Å²) in [7, 11) is 0. The Bertz CT molecular complexity index is 657. The minimum absolute atomic E-state index is 0.0281. The molecule has 0 aliphatic carbocycles. The minimum atomic E-state index is -0.158. The number of hydrogen-bond donors (Lipinski definition) is 3. The van der Waals surface area contributed by atoms with Crippen LogP contribution in [0.15, 0.2) is 23.7 Å². The van der Waals surface area contributed by atoms with Crippen molar-refractivity contribution in [3.8, 4) is 5.75 Å². The second kappa shape index (κ2) is 5.61. The van der Waals surface area contributed by atoms with Crippen molar-refractivity contribution in [1.29, 1.82) is 0 Å². The van der Waals surface area contributed by atoms with Gasteiger partial charge in [0.1, 0.15) is 5.75 Å². The van der Waals surface area contributed by atoms with E-state index >= 15 is 0 Å². The smallest absolute Gasteiger partial charge is 0.262 e. The number of ether oxygens (including phenoxy) is 1. The Hall–Kier alpha value is -2.28. The lowest BCUT2D eigenvalue weighted by atomic mass is 10.1. The summed E-state index contributed by atoms with van der Waals surface area (Å²) in [6.45, 7) is 2.84. The molecule has 1 aromatic carbocycles. The molecule has 1 aliphatic heterocycles. The van der Waals surface area contributed by atoms with Crippen LogP contribution in [0.4, 0.5) is 17.1 Å². The summed E-state index contributed by atoms with van der Waals surface area (Å²) in [5.41, 5.74) is 8.03. The number of nitrogen functional groups attached to an aromatic ring is 1. The maximum atomic E-state index is 11.3. The van der Waals surface area contributed by atoms with Gasteiger partial charge in [-0.05, 0) is 6.07 Å². The Kier molecular flexibility index (Phi) is 3.66. The van der Waals surface area contributed by atoms with Crippen LogP contribution in [-0.4, -0.2) is 24.0 Å². The highest BCUT2D eigenvalue weighted by Gasteiger charge is 2.18. The predicted molar refractivity (Wildman–Crippen MR) is 84.0 cm³/mol. The molecule has 4 N–H and O–H groups in total. The molecule has 7 heteroatoms. The van der Waals surface area contributed by atoms with Gasteiger partial charge in [0.2, 0.25) is 0 Å². The van der Waals surface area contributed by atoms with E-state index in [1.54, 1.807) is 29.7 Å². The van der Waals surface area contributed by atoms with Crippen LogP contribution in [0.5, 0.6) is 5.75 Å². The Morgan fingerprint density at radius 3 is 3.19 bits per heavy atom. The molecule has 0 fully saturated rings. The van der Waals surface area contributed by atoms with Crippen molar-refractivity contribution >= 4 is 34.3 Å². The number of thiazole rings is 1. The van der Waals surface area contributed by atoms with Crippen molar-refractivity contribution in [1.82, 2.24) is 4.98 Å². The first-order valence-electron chi connectivity index (χ1n) is 6.63. The second-order valence-corrected chi connectivity index (χ2v) is 5.85. The largest absolute Gasteiger partial charge is 0.482 e. The highest BCUT2D eigenvalue weighted by Crippen LogP contribution is 2.35. The first-order chi connectivity index (χ1) is 10.1. The molecule has 3 rings (SSSR count). The van der Waals surface area contributed by atoms with Gasteiger partial charge in [-0.25, -0.2) is 4.98 Å². The standard InChI is InChI=1S/C14H16N4O2S/c1-8(14-16-2-3-21-14)6-17-10-5-11-12(4-9(10)15)20-7-13(19)18-11/h2-5,8,17H,6-7,15H2,1H3,(H,18,19). The summed E-state index contributed by atoms with van der Waals surface area (Å²) in [4.78, 5) is 15.7. The number of hydrogen-bond acceptors (Lipinski definition) is 6. The highest BCUT2D eigenvalue weighted by atomic mass is 32.1. The average molecular weight is 304 g/mol. The summed E-state index contributed by atoms with van der Waals surface area (Å²) >= 11 is 1.63. The fraction of sp³-hybridized carbons (Fsp3) is 0.286. The van der Waals surface area contributed by atoms with Gasteiger partial charge in [0.25, 0.3) is 5.91 Å². The Morgan fingerprint density at radius 2 is 2.43 bits per heavy atom. The van der Waals surface area contributed by atoms with E-state index in [0.29, 0.717) is 23.7 Å². The number of nitrogens with zero attached hydrogens (tertiary/aromatic N) is 1. The van der Waals surface area contributed by atoms with Crippen LogP contribution in [0.1, 0.15) is 17.8 Å². The molecular weight excluding hydrogens is 288 g/mol. The molecule has 0 saturated carbocycles. The zero-order valence-electron chi connectivity index (χ0n) is 11.6. The normalized spacial score (nSPS) is 14.8. The van der Waals surface area contributed by atoms with Crippen molar-refractivity contribution in [2.45, 2.75) is 12.8 Å². The van der Waals surface area contributed by atoms with Crippen LogP contribution in [0.2, 0.25) is 0 Å². The zero-order valence-corrected chi connectivity index (χ0v) is 12.4. The van der Waals surface area contributed by atoms with Crippen molar-refractivity contribution in [2.75, 3.05) is 29.5 Å². The minimum Gasteiger partial charge on any atom is -0.482 e. The number of carbonyl (C=O) groups is 1. The van der Waals surface area contributed by atoms with Crippen LogP contribution in [-0.2, 0) is 4.79 Å². The number of aromatic nitrogens is 1. The second-order valence-electron chi connectivity index (χ2n) is 4.92. The van der Waals surface area contributed by atoms with Gasteiger partial charge >= 0.3 is 0 Å². The van der Waals surface area contributed by atoms with Gasteiger partial charge < -0.3 is 21.1 Å². The molecule has 1 aromatic heterocycles. The van der Waals surface area contributed by atoms with E-state index in [2.05, 4.69) is 22.5 Å². The lowest BCUT2D eigenvalue weighted by molar-refractivity contribution is -0.118. The van der Waals surface area contributed by atoms with Gasteiger partial charge in [-0.3, -0.25) is 4.79 Å². The lowest BCUT2D eigenvalue weighted by Gasteiger charge is -2.21. The Labute approximate surface area is 126 Å². The van der Waals surface area contributed by atoms with Gasteiger partial charge in [0.05, 0.1) is 22.1 Å². The third kappa shape index (κ3) is 2.92.